The molecule has 0 heterocycles. The quantitative estimate of drug-likeness (QED) is 0.790. The SMILES string of the molecule is C=CCC(O)(/C=C/c1ccc(C)cc1)c1ccccc1. The Morgan fingerprint density at radius 3 is 2.30 bits per heavy atom. The highest BCUT2D eigenvalue weighted by Crippen LogP contribution is 2.28. The van der Waals surface area contributed by atoms with E-state index in [9.17, 15) is 5.11 Å². The van der Waals surface area contributed by atoms with Gasteiger partial charge in [-0.2, -0.15) is 0 Å². The fourth-order valence-electron chi connectivity index (χ4n) is 2.14. The van der Waals surface area contributed by atoms with Crippen molar-refractivity contribution < 1.29 is 5.11 Å². The van der Waals surface area contributed by atoms with Crippen LogP contribution in [0.1, 0.15) is 23.1 Å². The maximum Gasteiger partial charge on any atom is 0.111 e. The van der Waals surface area contributed by atoms with Crippen molar-refractivity contribution in [3.8, 4) is 0 Å². The van der Waals surface area contributed by atoms with E-state index in [0.717, 1.165) is 11.1 Å². The van der Waals surface area contributed by atoms with Gasteiger partial charge in [0.05, 0.1) is 0 Å². The molecule has 1 heteroatoms. The fourth-order valence-corrected chi connectivity index (χ4v) is 2.14. The molecule has 102 valence electrons. The van der Waals surface area contributed by atoms with Crippen LogP contribution in [0.2, 0.25) is 0 Å². The largest absolute Gasteiger partial charge is 0.381 e. The maximum atomic E-state index is 10.8. The molecule has 2 aromatic rings. The predicted molar refractivity (Wildman–Crippen MR) is 85.4 cm³/mol. The Balaban J connectivity index is 2.29. The van der Waals surface area contributed by atoms with Crippen LogP contribution in [0, 0.1) is 6.92 Å². The zero-order valence-electron chi connectivity index (χ0n) is 11.8. The lowest BCUT2D eigenvalue weighted by atomic mass is 9.89. The molecule has 0 spiro atoms. The van der Waals surface area contributed by atoms with Crippen molar-refractivity contribution in [3.05, 3.63) is 90.0 Å². The van der Waals surface area contributed by atoms with Crippen molar-refractivity contribution >= 4 is 6.08 Å². The lowest BCUT2D eigenvalue weighted by molar-refractivity contribution is 0.0938. The molecule has 1 atom stereocenters. The summed E-state index contributed by atoms with van der Waals surface area (Å²) in [5, 5.41) is 10.8. The minimum absolute atomic E-state index is 0.485. The molecule has 0 fully saturated rings. The van der Waals surface area contributed by atoms with E-state index in [1.54, 1.807) is 6.08 Å². The highest BCUT2D eigenvalue weighted by atomic mass is 16.3. The second-order valence-electron chi connectivity index (χ2n) is 5.03. The molecule has 0 radical (unpaired) electrons. The lowest BCUT2D eigenvalue weighted by Crippen LogP contribution is -2.21. The van der Waals surface area contributed by atoms with Gasteiger partial charge in [-0.3, -0.25) is 0 Å². The molecule has 0 aliphatic rings. The first kappa shape index (κ1) is 14.3. The summed E-state index contributed by atoms with van der Waals surface area (Å²) in [6.07, 6.45) is 6.02. The van der Waals surface area contributed by atoms with Gasteiger partial charge >= 0.3 is 0 Å². The summed E-state index contributed by atoms with van der Waals surface area (Å²) in [7, 11) is 0. The Kier molecular flexibility index (Phi) is 4.54. The van der Waals surface area contributed by atoms with E-state index in [2.05, 4.69) is 25.6 Å². The van der Waals surface area contributed by atoms with Crippen LogP contribution in [-0.2, 0) is 5.60 Å². The van der Waals surface area contributed by atoms with Crippen molar-refractivity contribution in [3.63, 3.8) is 0 Å². The zero-order valence-corrected chi connectivity index (χ0v) is 11.8. The smallest absolute Gasteiger partial charge is 0.111 e. The summed E-state index contributed by atoms with van der Waals surface area (Å²) in [6.45, 7) is 5.80. The number of aryl methyl sites for hydroxylation is 1. The Morgan fingerprint density at radius 1 is 1.05 bits per heavy atom. The van der Waals surface area contributed by atoms with Crippen LogP contribution in [0.25, 0.3) is 6.08 Å². The van der Waals surface area contributed by atoms with Crippen LogP contribution in [-0.4, -0.2) is 5.11 Å². The van der Waals surface area contributed by atoms with Gasteiger partial charge in [-0.25, -0.2) is 0 Å². The second kappa shape index (κ2) is 6.36. The highest BCUT2D eigenvalue weighted by molar-refractivity contribution is 5.52. The van der Waals surface area contributed by atoms with Crippen LogP contribution in [0.4, 0.5) is 0 Å². The molecule has 2 rings (SSSR count). The third-order valence-electron chi connectivity index (χ3n) is 3.36. The molecule has 1 unspecified atom stereocenters. The number of benzene rings is 2. The molecule has 0 aromatic heterocycles. The molecule has 20 heavy (non-hydrogen) atoms. The summed E-state index contributed by atoms with van der Waals surface area (Å²) in [6, 6.07) is 17.9. The minimum Gasteiger partial charge on any atom is -0.381 e. The number of hydrogen-bond donors (Lipinski definition) is 1. The Labute approximate surface area is 120 Å². The lowest BCUT2D eigenvalue weighted by Gasteiger charge is -2.23. The minimum atomic E-state index is -1.01. The number of rotatable bonds is 5. The zero-order chi connectivity index (χ0) is 14.4. The average Bonchev–Trinajstić information content (AvgIpc) is 2.48. The second-order valence-corrected chi connectivity index (χ2v) is 5.03. The predicted octanol–water partition coefficient (Wildman–Crippen LogP) is 4.47. The summed E-state index contributed by atoms with van der Waals surface area (Å²) in [5.41, 5.74) is 2.18. The molecule has 0 bridgehead atoms. The van der Waals surface area contributed by atoms with Gasteiger partial charge in [0.25, 0.3) is 0 Å². The fraction of sp³-hybridized carbons (Fsp3) is 0.158. The molecule has 0 saturated carbocycles. The first-order valence-electron chi connectivity index (χ1n) is 6.79. The number of aliphatic hydroxyl groups is 1. The Morgan fingerprint density at radius 2 is 1.70 bits per heavy atom. The standard InChI is InChI=1S/C19H20O/c1-3-14-19(20,18-7-5-4-6-8-18)15-13-17-11-9-16(2)10-12-17/h3-13,15,20H,1,14H2,2H3/b15-13+. The molecule has 0 aliphatic carbocycles. The van der Waals surface area contributed by atoms with E-state index in [0.29, 0.717) is 6.42 Å². The van der Waals surface area contributed by atoms with Gasteiger partial charge in [-0.15, -0.1) is 6.58 Å². The van der Waals surface area contributed by atoms with E-state index < -0.39 is 5.60 Å². The van der Waals surface area contributed by atoms with E-state index >= 15 is 0 Å². The van der Waals surface area contributed by atoms with Gasteiger partial charge < -0.3 is 5.11 Å². The monoisotopic (exact) mass is 264 g/mol. The topological polar surface area (TPSA) is 20.2 Å². The van der Waals surface area contributed by atoms with Crippen LogP contribution in [0.15, 0.2) is 73.3 Å². The first-order chi connectivity index (χ1) is 9.64. The third-order valence-corrected chi connectivity index (χ3v) is 3.36. The summed E-state index contributed by atoms with van der Waals surface area (Å²) in [4.78, 5) is 0. The van der Waals surface area contributed by atoms with Gasteiger partial charge in [0, 0.05) is 6.42 Å². The average molecular weight is 264 g/mol. The molecule has 1 nitrogen and oxygen atoms in total. The van der Waals surface area contributed by atoms with Crippen molar-refractivity contribution in [1.29, 1.82) is 0 Å². The first-order valence-corrected chi connectivity index (χ1v) is 6.79. The summed E-state index contributed by atoms with van der Waals surface area (Å²) >= 11 is 0. The molecule has 2 aromatic carbocycles. The van der Waals surface area contributed by atoms with Gasteiger partial charge in [-0.1, -0.05) is 72.3 Å². The summed E-state index contributed by atoms with van der Waals surface area (Å²) in [5.74, 6) is 0. The van der Waals surface area contributed by atoms with Crippen molar-refractivity contribution in [2.75, 3.05) is 0 Å². The van der Waals surface area contributed by atoms with E-state index in [-0.39, 0.29) is 0 Å². The van der Waals surface area contributed by atoms with E-state index in [4.69, 9.17) is 0 Å². The third kappa shape index (κ3) is 3.46. The van der Waals surface area contributed by atoms with Crippen molar-refractivity contribution in [2.45, 2.75) is 18.9 Å². The molecular weight excluding hydrogens is 244 g/mol. The molecule has 1 N–H and O–H groups in total. The molecule has 0 saturated heterocycles. The molecule has 0 aliphatic heterocycles. The summed E-state index contributed by atoms with van der Waals surface area (Å²) < 4.78 is 0. The molecule has 0 amide bonds. The highest BCUT2D eigenvalue weighted by Gasteiger charge is 2.23. The van der Waals surface area contributed by atoms with E-state index in [1.807, 2.05) is 54.6 Å². The maximum absolute atomic E-state index is 10.8. The van der Waals surface area contributed by atoms with Crippen LogP contribution >= 0.6 is 0 Å². The van der Waals surface area contributed by atoms with Crippen LogP contribution < -0.4 is 0 Å². The Bertz CT molecular complexity index is 581. The molecular formula is C19H20O. The van der Waals surface area contributed by atoms with Gasteiger partial charge in [-0.05, 0) is 24.1 Å². The van der Waals surface area contributed by atoms with Crippen LogP contribution in [0.3, 0.4) is 0 Å². The van der Waals surface area contributed by atoms with Crippen LogP contribution in [0.5, 0.6) is 0 Å². The number of hydrogen-bond acceptors (Lipinski definition) is 1. The van der Waals surface area contributed by atoms with Gasteiger partial charge in [0.1, 0.15) is 5.60 Å². The normalized spacial score (nSPS) is 14.1. The van der Waals surface area contributed by atoms with Gasteiger partial charge in [0.2, 0.25) is 0 Å². The van der Waals surface area contributed by atoms with Crippen molar-refractivity contribution in [1.82, 2.24) is 0 Å². The van der Waals surface area contributed by atoms with Gasteiger partial charge in [0.15, 0.2) is 0 Å². The van der Waals surface area contributed by atoms with Crippen molar-refractivity contribution in [2.24, 2.45) is 0 Å². The Hall–Kier alpha value is -2.12. The van der Waals surface area contributed by atoms with E-state index in [1.165, 1.54) is 5.56 Å².